The van der Waals surface area contributed by atoms with Crippen molar-refractivity contribution < 1.29 is 32.9 Å². The number of carbonyl (C=O) groups excluding carboxylic acids is 2. The van der Waals surface area contributed by atoms with E-state index in [-0.39, 0.29) is 5.82 Å². The molecule has 0 aliphatic heterocycles. The second-order valence-corrected chi connectivity index (χ2v) is 11.9. The van der Waals surface area contributed by atoms with E-state index in [2.05, 4.69) is 0 Å². The van der Waals surface area contributed by atoms with Crippen LogP contribution in [0.15, 0.2) is 87.5 Å². The highest BCUT2D eigenvalue weighted by Crippen LogP contribution is 2.33. The predicted molar refractivity (Wildman–Crippen MR) is 135 cm³/mol. The van der Waals surface area contributed by atoms with Gasteiger partial charge in [-0.15, -0.1) is 0 Å². The van der Waals surface area contributed by atoms with E-state index in [4.69, 9.17) is 18.9 Å². The lowest BCUT2D eigenvalue weighted by Gasteiger charge is -2.18. The minimum Gasteiger partial charge on any atom is -0.428 e. The minimum atomic E-state index is -0.784. The summed E-state index contributed by atoms with van der Waals surface area (Å²) in [6.07, 6.45) is -1.57. The molecule has 8 heteroatoms. The zero-order valence-electron chi connectivity index (χ0n) is 21.2. The van der Waals surface area contributed by atoms with E-state index in [1.165, 1.54) is 12.1 Å². The van der Waals surface area contributed by atoms with E-state index in [1.807, 2.05) is 24.3 Å². The van der Waals surface area contributed by atoms with Crippen molar-refractivity contribution in [2.45, 2.75) is 67.4 Å². The molecule has 0 amide bonds. The van der Waals surface area contributed by atoms with Crippen molar-refractivity contribution in [3.05, 3.63) is 78.6 Å². The Bertz CT molecular complexity index is 1100. The predicted octanol–water partition coefficient (Wildman–Crippen LogP) is 7.55. The van der Waals surface area contributed by atoms with Crippen molar-refractivity contribution in [2.24, 2.45) is 0 Å². The molecule has 0 unspecified atom stereocenters. The SMILES string of the molecule is CC(C)(C)OC(=O)Oc1ccc([S+](c2ccc(F)cc2)c2ccc(OC(=O)OC(C)(C)C)cc2)cc1. The van der Waals surface area contributed by atoms with Crippen molar-refractivity contribution in [1.82, 2.24) is 0 Å². The fourth-order valence-corrected chi connectivity index (χ4v) is 5.04. The molecule has 0 aromatic heterocycles. The Hall–Kier alpha value is -3.52. The van der Waals surface area contributed by atoms with Gasteiger partial charge in [-0.25, -0.2) is 14.0 Å². The van der Waals surface area contributed by atoms with Gasteiger partial charge in [0, 0.05) is 0 Å². The number of carbonyl (C=O) groups is 2. The monoisotopic (exact) mass is 513 g/mol. The summed E-state index contributed by atoms with van der Waals surface area (Å²) < 4.78 is 34.6. The number of halogens is 1. The lowest BCUT2D eigenvalue weighted by atomic mass is 10.2. The first-order valence-corrected chi connectivity index (χ1v) is 12.5. The van der Waals surface area contributed by atoms with Crippen LogP contribution in [0, 0.1) is 5.82 Å². The van der Waals surface area contributed by atoms with Crippen LogP contribution in [0.3, 0.4) is 0 Å². The molecule has 3 aromatic rings. The van der Waals surface area contributed by atoms with Crippen LogP contribution >= 0.6 is 0 Å². The number of hydrogen-bond acceptors (Lipinski definition) is 6. The third kappa shape index (κ3) is 8.30. The standard InChI is InChI=1S/C28H30FO6S/c1-27(2,3)34-25(30)32-20-9-15-23(16-10-20)36(22-13-7-19(29)8-14-22)24-17-11-21(12-18-24)33-26(31)35-28(4,5)6/h7-18H,1-6H3/q+1. The zero-order valence-corrected chi connectivity index (χ0v) is 22.0. The van der Waals surface area contributed by atoms with Gasteiger partial charge in [-0.3, -0.25) is 0 Å². The molecule has 0 spiro atoms. The molecule has 0 N–H and O–H groups in total. The Morgan fingerprint density at radius 1 is 0.583 bits per heavy atom. The number of rotatable bonds is 5. The second-order valence-electron chi connectivity index (χ2n) is 9.84. The summed E-state index contributed by atoms with van der Waals surface area (Å²) in [5.41, 5.74) is -1.32. The molecule has 0 aliphatic carbocycles. The maximum Gasteiger partial charge on any atom is 0.514 e. The Labute approximate surface area is 213 Å². The molecule has 36 heavy (non-hydrogen) atoms. The Morgan fingerprint density at radius 3 is 1.19 bits per heavy atom. The lowest BCUT2D eigenvalue weighted by molar-refractivity contribution is 0.0193. The molecule has 3 rings (SSSR count). The Morgan fingerprint density at radius 2 is 0.889 bits per heavy atom. The molecule has 0 fully saturated rings. The van der Waals surface area contributed by atoms with Gasteiger partial charge in [0.25, 0.3) is 0 Å². The highest BCUT2D eigenvalue weighted by Gasteiger charge is 2.29. The molecule has 3 aromatic carbocycles. The van der Waals surface area contributed by atoms with Gasteiger partial charge >= 0.3 is 12.3 Å². The summed E-state index contributed by atoms with van der Waals surface area (Å²) in [5, 5.41) is 0. The van der Waals surface area contributed by atoms with E-state index >= 15 is 0 Å². The van der Waals surface area contributed by atoms with E-state index in [9.17, 15) is 14.0 Å². The molecular formula is C28H30FO6S+. The quantitative estimate of drug-likeness (QED) is 0.199. The molecular weight excluding hydrogens is 483 g/mol. The van der Waals surface area contributed by atoms with Crippen LogP contribution in [-0.2, 0) is 20.4 Å². The average molecular weight is 514 g/mol. The van der Waals surface area contributed by atoms with Gasteiger partial charge in [-0.2, -0.15) is 0 Å². The molecule has 6 nitrogen and oxygen atoms in total. The Balaban J connectivity index is 1.85. The van der Waals surface area contributed by atoms with Crippen LogP contribution in [0.5, 0.6) is 11.5 Å². The fourth-order valence-electron chi connectivity index (χ4n) is 3.00. The average Bonchev–Trinajstić information content (AvgIpc) is 2.75. The third-order valence-corrected chi connectivity index (χ3v) is 6.58. The van der Waals surface area contributed by atoms with Gasteiger partial charge in [0.05, 0.1) is 10.9 Å². The maximum absolute atomic E-state index is 13.6. The minimum absolute atomic E-state index is 0.329. The second kappa shape index (κ2) is 11.0. The molecule has 0 saturated heterocycles. The summed E-state index contributed by atoms with van der Waals surface area (Å²) in [6.45, 7) is 10.6. The number of hydrogen-bond donors (Lipinski definition) is 0. The van der Waals surface area contributed by atoms with Gasteiger partial charge < -0.3 is 18.9 Å². The third-order valence-electron chi connectivity index (χ3n) is 4.35. The Kier molecular flexibility index (Phi) is 8.30. The van der Waals surface area contributed by atoms with Crippen LogP contribution in [0.25, 0.3) is 0 Å². The molecule has 190 valence electrons. The summed E-state index contributed by atoms with van der Waals surface area (Å²) in [7, 11) is -0.607. The normalized spacial score (nSPS) is 11.7. The highest BCUT2D eigenvalue weighted by atomic mass is 32.2. The van der Waals surface area contributed by atoms with Crippen molar-refractivity contribution in [3.8, 4) is 11.5 Å². The molecule has 0 aliphatic rings. The van der Waals surface area contributed by atoms with Crippen LogP contribution in [0.1, 0.15) is 41.5 Å². The molecule has 0 heterocycles. The topological polar surface area (TPSA) is 71.1 Å². The van der Waals surface area contributed by atoms with Crippen LogP contribution in [-0.4, -0.2) is 23.5 Å². The first kappa shape index (κ1) is 27.1. The van der Waals surface area contributed by atoms with Crippen LogP contribution in [0.2, 0.25) is 0 Å². The first-order chi connectivity index (χ1) is 16.8. The summed E-state index contributed by atoms with van der Waals surface area (Å²) in [6, 6.07) is 20.4. The zero-order chi connectivity index (χ0) is 26.5. The summed E-state index contributed by atoms with van der Waals surface area (Å²) in [5.74, 6) is 0.359. The molecule has 0 radical (unpaired) electrons. The van der Waals surface area contributed by atoms with Crippen molar-refractivity contribution >= 4 is 23.2 Å². The molecule has 0 atom stereocenters. The number of benzene rings is 3. The molecule has 0 bridgehead atoms. The largest absolute Gasteiger partial charge is 0.514 e. The first-order valence-electron chi connectivity index (χ1n) is 11.3. The van der Waals surface area contributed by atoms with E-state index in [0.29, 0.717) is 11.5 Å². The molecule has 0 saturated carbocycles. The lowest BCUT2D eigenvalue weighted by Crippen LogP contribution is -2.26. The van der Waals surface area contributed by atoms with Gasteiger partial charge in [0.2, 0.25) is 0 Å². The van der Waals surface area contributed by atoms with Gasteiger partial charge in [0.1, 0.15) is 28.5 Å². The summed E-state index contributed by atoms with van der Waals surface area (Å²) >= 11 is 0. The van der Waals surface area contributed by atoms with Crippen LogP contribution in [0.4, 0.5) is 14.0 Å². The summed E-state index contributed by atoms with van der Waals surface area (Å²) in [4.78, 5) is 26.7. The fraction of sp³-hybridized carbons (Fsp3) is 0.286. The van der Waals surface area contributed by atoms with Gasteiger partial charge in [0.15, 0.2) is 14.7 Å². The van der Waals surface area contributed by atoms with E-state index < -0.39 is 34.4 Å². The van der Waals surface area contributed by atoms with Crippen molar-refractivity contribution in [3.63, 3.8) is 0 Å². The van der Waals surface area contributed by atoms with E-state index in [0.717, 1.165) is 14.7 Å². The maximum atomic E-state index is 13.6. The smallest absolute Gasteiger partial charge is 0.428 e. The van der Waals surface area contributed by atoms with Crippen LogP contribution < -0.4 is 9.47 Å². The van der Waals surface area contributed by atoms with E-state index in [1.54, 1.807) is 77.9 Å². The number of ether oxygens (including phenoxy) is 4. The van der Waals surface area contributed by atoms with Gasteiger partial charge in [-0.05, 0) is 114 Å². The van der Waals surface area contributed by atoms with Gasteiger partial charge in [-0.1, -0.05) is 0 Å². The van der Waals surface area contributed by atoms with Crippen molar-refractivity contribution in [1.29, 1.82) is 0 Å². The van der Waals surface area contributed by atoms with Crippen molar-refractivity contribution in [2.75, 3.05) is 0 Å². The highest BCUT2D eigenvalue weighted by molar-refractivity contribution is 7.97.